The molecule has 3 atom stereocenters. The molecule has 148 valence electrons. The van der Waals surface area contributed by atoms with E-state index in [4.69, 9.17) is 5.26 Å². The third-order valence-corrected chi connectivity index (χ3v) is 5.77. The van der Waals surface area contributed by atoms with Crippen LogP contribution < -0.4 is 10.9 Å². The Hall–Kier alpha value is -3.47. The van der Waals surface area contributed by atoms with Crippen molar-refractivity contribution in [2.24, 2.45) is 5.92 Å². The van der Waals surface area contributed by atoms with Crippen molar-refractivity contribution in [3.8, 4) is 6.07 Å². The van der Waals surface area contributed by atoms with Gasteiger partial charge >= 0.3 is 0 Å². The van der Waals surface area contributed by atoms with Crippen LogP contribution in [0.25, 0.3) is 0 Å². The van der Waals surface area contributed by atoms with Crippen molar-refractivity contribution in [3.63, 3.8) is 0 Å². The summed E-state index contributed by atoms with van der Waals surface area (Å²) < 4.78 is 1.79. The lowest BCUT2D eigenvalue weighted by atomic mass is 9.78. The molecule has 2 aromatic rings. The zero-order valence-corrected chi connectivity index (χ0v) is 16.0. The second-order valence-electron chi connectivity index (χ2n) is 7.61. The Morgan fingerprint density at radius 1 is 1.28 bits per heavy atom. The first kappa shape index (κ1) is 18.9. The molecule has 2 aliphatic heterocycles. The molecule has 2 amide bonds. The summed E-state index contributed by atoms with van der Waals surface area (Å²) in [6, 6.07) is 10.1. The Balaban J connectivity index is 1.65. The number of carbonyl (C=O) groups excluding carboxylic acids is 2. The van der Waals surface area contributed by atoms with E-state index in [0.717, 1.165) is 12.1 Å². The van der Waals surface area contributed by atoms with Crippen LogP contribution in [0.15, 0.2) is 41.3 Å². The first-order valence-electron chi connectivity index (χ1n) is 9.59. The fourth-order valence-corrected chi connectivity index (χ4v) is 4.49. The van der Waals surface area contributed by atoms with E-state index < -0.39 is 0 Å². The average Bonchev–Trinajstić information content (AvgIpc) is 2.73. The van der Waals surface area contributed by atoms with Gasteiger partial charge in [-0.05, 0) is 30.5 Å². The molecule has 0 spiro atoms. The lowest BCUT2D eigenvalue weighted by Crippen LogP contribution is -2.53. The molecule has 4 heterocycles. The highest BCUT2D eigenvalue weighted by Crippen LogP contribution is 2.41. The second kappa shape index (κ2) is 7.51. The molecule has 8 heteroatoms. The first-order chi connectivity index (χ1) is 14.0. The van der Waals surface area contributed by atoms with Gasteiger partial charge in [0.25, 0.3) is 11.5 Å². The van der Waals surface area contributed by atoms with Crippen LogP contribution in [0.1, 0.15) is 47.1 Å². The lowest BCUT2D eigenvalue weighted by molar-refractivity contribution is -0.119. The van der Waals surface area contributed by atoms with Crippen molar-refractivity contribution in [3.05, 3.63) is 63.8 Å². The number of piperidine rings is 1. The van der Waals surface area contributed by atoms with Crippen molar-refractivity contribution >= 4 is 11.8 Å². The number of hydrogen-bond donors (Lipinski definition) is 1. The predicted molar refractivity (Wildman–Crippen MR) is 104 cm³/mol. The SMILES string of the molecule is CC(=O)NC[C@H]1[C@H]2C[C@H](CN(C(=O)c3ccc(C#N)nc3)C2)c2cccc(=O)n21. The van der Waals surface area contributed by atoms with Crippen LogP contribution in [0.3, 0.4) is 0 Å². The Morgan fingerprint density at radius 3 is 2.79 bits per heavy atom. The highest BCUT2D eigenvalue weighted by Gasteiger charge is 2.41. The number of amides is 2. The van der Waals surface area contributed by atoms with Crippen molar-refractivity contribution < 1.29 is 9.59 Å². The van der Waals surface area contributed by atoms with E-state index in [1.54, 1.807) is 21.6 Å². The predicted octanol–water partition coefficient (Wildman–Crippen LogP) is 1.05. The van der Waals surface area contributed by atoms with Gasteiger partial charge in [-0.25, -0.2) is 4.98 Å². The molecular weight excluding hydrogens is 370 g/mol. The number of nitrogens with one attached hydrogen (secondary N) is 1. The molecule has 4 rings (SSSR count). The number of nitrogens with zero attached hydrogens (tertiary/aromatic N) is 4. The molecule has 2 bridgehead atoms. The number of hydrogen-bond acceptors (Lipinski definition) is 5. The summed E-state index contributed by atoms with van der Waals surface area (Å²) in [7, 11) is 0. The monoisotopic (exact) mass is 391 g/mol. The summed E-state index contributed by atoms with van der Waals surface area (Å²) in [5, 5.41) is 11.7. The van der Waals surface area contributed by atoms with Crippen LogP contribution in [-0.4, -0.2) is 45.9 Å². The van der Waals surface area contributed by atoms with E-state index in [2.05, 4.69) is 10.3 Å². The number of carbonyl (C=O) groups is 2. The van der Waals surface area contributed by atoms with Gasteiger partial charge in [0, 0.05) is 50.4 Å². The van der Waals surface area contributed by atoms with E-state index in [1.165, 1.54) is 25.3 Å². The van der Waals surface area contributed by atoms with Crippen LogP contribution in [0.4, 0.5) is 0 Å². The molecule has 1 fully saturated rings. The molecule has 0 unspecified atom stereocenters. The summed E-state index contributed by atoms with van der Waals surface area (Å²) in [6.07, 6.45) is 2.29. The van der Waals surface area contributed by atoms with Gasteiger partial charge < -0.3 is 14.8 Å². The average molecular weight is 391 g/mol. The highest BCUT2D eigenvalue weighted by atomic mass is 16.2. The Bertz CT molecular complexity index is 1050. The fraction of sp³-hybridized carbons (Fsp3) is 0.381. The minimum atomic E-state index is -0.200. The largest absolute Gasteiger partial charge is 0.354 e. The molecule has 1 N–H and O–H groups in total. The van der Waals surface area contributed by atoms with Crippen molar-refractivity contribution in [2.45, 2.75) is 25.3 Å². The smallest absolute Gasteiger partial charge is 0.255 e. The standard InChI is InChI=1S/C21H21N5O3/c1-13(27)23-10-19-16-7-15(18-3-2-4-20(28)26(18)19)11-25(12-16)21(29)14-5-6-17(8-22)24-9-14/h2-6,9,15-16,19H,7,10-12H2,1H3,(H,23,27)/t15-,16+,19+/m1/s1. The van der Waals surface area contributed by atoms with Crippen molar-refractivity contribution in [1.82, 2.24) is 19.8 Å². The van der Waals surface area contributed by atoms with Crippen LogP contribution >= 0.6 is 0 Å². The third-order valence-electron chi connectivity index (χ3n) is 5.77. The third kappa shape index (κ3) is 3.51. The first-order valence-corrected chi connectivity index (χ1v) is 9.59. The Kier molecular flexibility index (Phi) is 4.89. The van der Waals surface area contributed by atoms with Gasteiger partial charge in [0.1, 0.15) is 11.8 Å². The summed E-state index contributed by atoms with van der Waals surface area (Å²) in [5.41, 5.74) is 1.52. The normalized spacial score (nSPS) is 22.3. The zero-order chi connectivity index (χ0) is 20.5. The number of likely N-dealkylation sites (tertiary alicyclic amines) is 1. The molecule has 2 aliphatic rings. The van der Waals surface area contributed by atoms with Gasteiger partial charge in [0.05, 0.1) is 11.6 Å². The van der Waals surface area contributed by atoms with E-state index in [-0.39, 0.29) is 40.9 Å². The summed E-state index contributed by atoms with van der Waals surface area (Å²) in [5.74, 6) is -0.165. The van der Waals surface area contributed by atoms with Gasteiger partial charge in [-0.2, -0.15) is 5.26 Å². The molecule has 2 aromatic heterocycles. The molecule has 0 radical (unpaired) electrons. The van der Waals surface area contributed by atoms with E-state index in [1.807, 2.05) is 12.1 Å². The van der Waals surface area contributed by atoms with Gasteiger partial charge in [-0.3, -0.25) is 14.4 Å². The molecule has 0 aliphatic carbocycles. The van der Waals surface area contributed by atoms with E-state index in [9.17, 15) is 14.4 Å². The number of nitriles is 1. The van der Waals surface area contributed by atoms with Crippen LogP contribution in [0, 0.1) is 17.2 Å². The minimum absolute atomic E-state index is 0.0588. The minimum Gasteiger partial charge on any atom is -0.354 e. The Labute approximate surface area is 167 Å². The lowest BCUT2D eigenvalue weighted by Gasteiger charge is -2.47. The quantitative estimate of drug-likeness (QED) is 0.841. The Morgan fingerprint density at radius 2 is 2.10 bits per heavy atom. The number of pyridine rings is 2. The fourth-order valence-electron chi connectivity index (χ4n) is 4.49. The van der Waals surface area contributed by atoms with E-state index >= 15 is 0 Å². The second-order valence-corrected chi connectivity index (χ2v) is 7.61. The van der Waals surface area contributed by atoms with Crippen LogP contribution in [0.5, 0.6) is 0 Å². The maximum absolute atomic E-state index is 13.0. The highest BCUT2D eigenvalue weighted by molar-refractivity contribution is 5.94. The van der Waals surface area contributed by atoms with Crippen molar-refractivity contribution in [2.75, 3.05) is 19.6 Å². The summed E-state index contributed by atoms with van der Waals surface area (Å²) >= 11 is 0. The molecule has 8 nitrogen and oxygen atoms in total. The van der Waals surface area contributed by atoms with Gasteiger partial charge in [0.2, 0.25) is 5.91 Å². The topological polar surface area (TPSA) is 108 Å². The van der Waals surface area contributed by atoms with Gasteiger partial charge in [0.15, 0.2) is 0 Å². The van der Waals surface area contributed by atoms with Gasteiger partial charge in [-0.1, -0.05) is 6.07 Å². The molecule has 0 aromatic carbocycles. The maximum atomic E-state index is 13.0. The van der Waals surface area contributed by atoms with E-state index in [0.29, 0.717) is 25.2 Å². The zero-order valence-electron chi connectivity index (χ0n) is 16.0. The molecular formula is C21H21N5O3. The number of aromatic nitrogens is 2. The molecule has 0 saturated carbocycles. The van der Waals surface area contributed by atoms with Crippen LogP contribution in [0.2, 0.25) is 0 Å². The number of rotatable bonds is 3. The maximum Gasteiger partial charge on any atom is 0.255 e. The summed E-state index contributed by atoms with van der Waals surface area (Å²) in [6.45, 7) is 2.82. The summed E-state index contributed by atoms with van der Waals surface area (Å²) in [4.78, 5) is 42.9. The van der Waals surface area contributed by atoms with Crippen LogP contribution in [-0.2, 0) is 4.79 Å². The number of fused-ring (bicyclic) bond motifs is 4. The van der Waals surface area contributed by atoms with Crippen molar-refractivity contribution in [1.29, 1.82) is 5.26 Å². The van der Waals surface area contributed by atoms with Gasteiger partial charge in [-0.15, -0.1) is 0 Å². The molecule has 1 saturated heterocycles. The molecule has 29 heavy (non-hydrogen) atoms.